The lowest BCUT2D eigenvalue weighted by Crippen LogP contribution is -2.38. The van der Waals surface area contributed by atoms with E-state index in [0.717, 1.165) is 5.56 Å². The van der Waals surface area contributed by atoms with Gasteiger partial charge in [0, 0.05) is 36.3 Å². The fraction of sp³-hybridized carbons (Fsp3) is 0.375. The summed E-state index contributed by atoms with van der Waals surface area (Å²) < 4.78 is 27.3. The summed E-state index contributed by atoms with van der Waals surface area (Å²) in [5.41, 5.74) is 1.47. The number of hydrogen-bond acceptors (Lipinski definition) is 9. The van der Waals surface area contributed by atoms with Gasteiger partial charge in [-0.3, -0.25) is 4.79 Å². The Balaban J connectivity index is 1.19. The van der Waals surface area contributed by atoms with Crippen LogP contribution in [0.25, 0.3) is 11.4 Å². The van der Waals surface area contributed by atoms with Crippen LogP contribution in [0, 0.1) is 5.92 Å². The van der Waals surface area contributed by atoms with Crippen LogP contribution < -0.4 is 29.2 Å². The molecule has 0 spiro atoms. The Labute approximate surface area is 196 Å². The highest BCUT2D eigenvalue weighted by Gasteiger charge is 2.28. The van der Waals surface area contributed by atoms with E-state index in [1.54, 1.807) is 26.4 Å². The second kappa shape index (κ2) is 9.50. The van der Waals surface area contributed by atoms with Crippen molar-refractivity contribution < 1.29 is 28.3 Å². The van der Waals surface area contributed by atoms with E-state index in [4.69, 9.17) is 23.5 Å². The average Bonchev–Trinajstić information content (AvgIpc) is 3.38. The minimum atomic E-state index is -0.0994. The molecule has 10 heteroatoms. The molecule has 1 fully saturated rings. The number of rotatable bonds is 6. The van der Waals surface area contributed by atoms with E-state index in [-0.39, 0.29) is 11.8 Å². The third-order valence-electron chi connectivity index (χ3n) is 6.00. The maximum Gasteiger partial charge on any atom is 0.324 e. The van der Waals surface area contributed by atoms with Gasteiger partial charge in [0.25, 0.3) is 0 Å². The van der Waals surface area contributed by atoms with Gasteiger partial charge in [0.05, 0.1) is 14.2 Å². The van der Waals surface area contributed by atoms with Gasteiger partial charge in [-0.25, -0.2) is 0 Å². The van der Waals surface area contributed by atoms with Crippen LogP contribution in [0.5, 0.6) is 23.0 Å². The number of fused-ring (bicyclic) bond motifs is 1. The van der Waals surface area contributed by atoms with Crippen LogP contribution in [0.2, 0.25) is 0 Å². The Morgan fingerprint density at radius 1 is 1.00 bits per heavy atom. The first kappa shape index (κ1) is 21.9. The van der Waals surface area contributed by atoms with Crippen molar-refractivity contribution >= 4 is 17.6 Å². The molecule has 1 saturated heterocycles. The summed E-state index contributed by atoms with van der Waals surface area (Å²) >= 11 is 0. The van der Waals surface area contributed by atoms with E-state index in [1.165, 1.54) is 0 Å². The van der Waals surface area contributed by atoms with E-state index in [2.05, 4.69) is 15.5 Å². The number of aromatic nitrogens is 2. The molecule has 0 unspecified atom stereocenters. The third kappa shape index (κ3) is 4.43. The molecular weight excluding hydrogens is 440 g/mol. The highest BCUT2D eigenvalue weighted by Crippen LogP contribution is 2.34. The molecule has 178 valence electrons. The molecule has 1 aromatic heterocycles. The van der Waals surface area contributed by atoms with Crippen LogP contribution in [0.3, 0.4) is 0 Å². The molecule has 1 amide bonds. The first-order valence-electron chi connectivity index (χ1n) is 11.2. The third-order valence-corrected chi connectivity index (χ3v) is 6.00. The number of nitrogens with one attached hydrogen (secondary N) is 1. The number of ether oxygens (including phenoxy) is 4. The highest BCUT2D eigenvalue weighted by molar-refractivity contribution is 5.93. The molecule has 5 rings (SSSR count). The van der Waals surface area contributed by atoms with Gasteiger partial charge in [-0.1, -0.05) is 5.16 Å². The molecule has 0 aliphatic carbocycles. The van der Waals surface area contributed by atoms with Crippen molar-refractivity contribution in [3.05, 3.63) is 36.4 Å². The molecule has 34 heavy (non-hydrogen) atoms. The zero-order chi connectivity index (χ0) is 23.5. The number of hydrogen-bond donors (Lipinski definition) is 1. The minimum Gasteiger partial charge on any atom is -0.493 e. The number of benzene rings is 2. The lowest BCUT2D eigenvalue weighted by molar-refractivity contribution is -0.120. The second-order valence-corrected chi connectivity index (χ2v) is 8.08. The topological polar surface area (TPSA) is 108 Å². The Hall–Kier alpha value is -3.95. The van der Waals surface area contributed by atoms with Crippen LogP contribution in [0.1, 0.15) is 12.8 Å². The largest absolute Gasteiger partial charge is 0.493 e. The lowest BCUT2D eigenvalue weighted by Gasteiger charge is -2.29. The Kier molecular flexibility index (Phi) is 6.11. The fourth-order valence-corrected chi connectivity index (χ4v) is 4.13. The molecule has 0 atom stereocenters. The van der Waals surface area contributed by atoms with E-state index >= 15 is 0 Å². The first-order chi connectivity index (χ1) is 16.6. The molecule has 2 aliphatic rings. The summed E-state index contributed by atoms with van der Waals surface area (Å²) in [6, 6.07) is 11.3. The lowest BCUT2D eigenvalue weighted by atomic mass is 9.96. The number of amides is 1. The molecule has 2 aliphatic heterocycles. The Morgan fingerprint density at radius 2 is 1.76 bits per heavy atom. The maximum atomic E-state index is 12.8. The molecule has 3 aromatic rings. The van der Waals surface area contributed by atoms with Gasteiger partial charge in [0.2, 0.25) is 11.7 Å². The zero-order valence-electron chi connectivity index (χ0n) is 19.1. The van der Waals surface area contributed by atoms with Gasteiger partial charge in [-0.05, 0) is 43.2 Å². The van der Waals surface area contributed by atoms with Crippen LogP contribution in [-0.2, 0) is 4.79 Å². The molecule has 3 heterocycles. The van der Waals surface area contributed by atoms with E-state index in [9.17, 15) is 4.79 Å². The van der Waals surface area contributed by atoms with Crippen LogP contribution >= 0.6 is 0 Å². The van der Waals surface area contributed by atoms with E-state index in [1.807, 2.05) is 29.2 Å². The maximum absolute atomic E-state index is 12.8. The molecule has 0 radical (unpaired) electrons. The van der Waals surface area contributed by atoms with Crippen LogP contribution in [0.4, 0.5) is 11.7 Å². The predicted molar refractivity (Wildman–Crippen MR) is 124 cm³/mol. The number of carbonyl (C=O) groups is 1. The molecular formula is C24H26N4O6. The van der Waals surface area contributed by atoms with E-state index < -0.39 is 0 Å². The van der Waals surface area contributed by atoms with E-state index in [0.29, 0.717) is 79.7 Å². The fourth-order valence-electron chi connectivity index (χ4n) is 4.13. The van der Waals surface area contributed by atoms with Crippen molar-refractivity contribution in [2.45, 2.75) is 12.8 Å². The van der Waals surface area contributed by atoms with Gasteiger partial charge in [-0.15, -0.1) is 0 Å². The van der Waals surface area contributed by atoms with Gasteiger partial charge in [0.1, 0.15) is 13.2 Å². The van der Waals surface area contributed by atoms with Gasteiger partial charge < -0.3 is 33.7 Å². The monoisotopic (exact) mass is 466 g/mol. The molecule has 0 saturated carbocycles. The van der Waals surface area contributed by atoms with Crippen molar-refractivity contribution in [2.75, 3.05) is 50.7 Å². The van der Waals surface area contributed by atoms with Crippen molar-refractivity contribution in [1.82, 2.24) is 10.1 Å². The number of methoxy groups -OCH3 is 2. The standard InChI is InChI=1S/C24H26N4O6/c1-30-18-5-3-16(13-20(18)31-2)22-26-24(34-27-22)28-9-7-15(8-10-28)23(29)25-17-4-6-19-21(14-17)33-12-11-32-19/h3-6,13-15H,7-12H2,1-2H3,(H,25,29). The Bertz CT molecular complexity index is 1170. The van der Waals surface area contributed by atoms with Gasteiger partial charge >= 0.3 is 6.01 Å². The SMILES string of the molecule is COc1ccc(-c2noc(N3CCC(C(=O)Nc4ccc5c(c4)OCCO5)CC3)n2)cc1OC. The quantitative estimate of drug-likeness (QED) is 0.585. The predicted octanol–water partition coefficient (Wildman–Crippen LogP) is 3.38. The number of nitrogens with zero attached hydrogens (tertiary/aromatic N) is 3. The summed E-state index contributed by atoms with van der Waals surface area (Å²) in [6.45, 7) is 2.33. The van der Waals surface area contributed by atoms with Gasteiger partial charge in [0.15, 0.2) is 23.0 Å². The zero-order valence-corrected chi connectivity index (χ0v) is 19.1. The Morgan fingerprint density at radius 3 is 2.53 bits per heavy atom. The minimum absolute atomic E-state index is 0.00660. The van der Waals surface area contributed by atoms with Crippen LogP contribution in [0.15, 0.2) is 40.9 Å². The summed E-state index contributed by atoms with van der Waals surface area (Å²) in [5, 5.41) is 7.11. The summed E-state index contributed by atoms with van der Waals surface area (Å²) in [6.07, 6.45) is 1.37. The molecule has 10 nitrogen and oxygen atoms in total. The van der Waals surface area contributed by atoms with Crippen LogP contribution in [-0.4, -0.2) is 56.6 Å². The molecule has 0 bridgehead atoms. The van der Waals surface area contributed by atoms with Crippen molar-refractivity contribution in [3.63, 3.8) is 0 Å². The summed E-state index contributed by atoms with van der Waals surface area (Å²) in [7, 11) is 3.17. The molecule has 2 aromatic carbocycles. The molecule has 1 N–H and O–H groups in total. The second-order valence-electron chi connectivity index (χ2n) is 8.08. The summed E-state index contributed by atoms with van der Waals surface area (Å²) in [4.78, 5) is 19.3. The number of piperidine rings is 1. The smallest absolute Gasteiger partial charge is 0.324 e. The first-order valence-corrected chi connectivity index (χ1v) is 11.2. The van der Waals surface area contributed by atoms with Gasteiger partial charge in [-0.2, -0.15) is 4.98 Å². The summed E-state index contributed by atoms with van der Waals surface area (Å²) in [5.74, 6) is 2.94. The number of carbonyl (C=O) groups excluding carboxylic acids is 1. The van der Waals surface area contributed by atoms with Crippen molar-refractivity contribution in [1.29, 1.82) is 0 Å². The van der Waals surface area contributed by atoms with Crippen molar-refractivity contribution in [3.8, 4) is 34.4 Å². The van der Waals surface area contributed by atoms with Crippen molar-refractivity contribution in [2.24, 2.45) is 5.92 Å². The normalized spacial score (nSPS) is 15.6. The number of anilines is 2. The highest BCUT2D eigenvalue weighted by atomic mass is 16.6. The average molecular weight is 466 g/mol.